The Kier molecular flexibility index (Phi) is 4.02. The summed E-state index contributed by atoms with van der Waals surface area (Å²) >= 11 is 3.28. The average molecular weight is 300 g/mol. The summed E-state index contributed by atoms with van der Waals surface area (Å²) in [5.74, 6) is 0.0322. The molecule has 2 aliphatic rings. The molecule has 1 saturated heterocycles. The molecule has 1 spiro atoms. The van der Waals surface area contributed by atoms with Crippen LogP contribution in [0.15, 0.2) is 12.2 Å². The Labute approximate surface area is 110 Å². The van der Waals surface area contributed by atoms with Crippen molar-refractivity contribution in [2.24, 2.45) is 5.41 Å². The summed E-state index contributed by atoms with van der Waals surface area (Å²) in [7, 11) is 0. The monoisotopic (exact) mass is 299 g/mol. The lowest BCUT2D eigenvalue weighted by Gasteiger charge is -2.36. The van der Waals surface area contributed by atoms with Crippen LogP contribution in [0.3, 0.4) is 0 Å². The maximum Gasteiger partial charge on any atom is 0.230 e. The largest absolute Gasteiger partial charge is 0.279 e. The van der Waals surface area contributed by atoms with Gasteiger partial charge in [0.1, 0.15) is 0 Å². The fraction of sp³-hybridized carbons (Fsp3) is 0.692. The van der Waals surface area contributed by atoms with Gasteiger partial charge in [-0.15, -0.1) is 0 Å². The van der Waals surface area contributed by atoms with Gasteiger partial charge in [0.25, 0.3) is 0 Å². The molecule has 2 fully saturated rings. The van der Waals surface area contributed by atoms with Crippen molar-refractivity contribution in [1.82, 2.24) is 4.90 Å². The van der Waals surface area contributed by atoms with E-state index < -0.39 is 0 Å². The normalized spacial score (nSPS) is 24.2. The summed E-state index contributed by atoms with van der Waals surface area (Å²) in [6.45, 7) is 0.430. The molecule has 3 nitrogen and oxygen atoms in total. The van der Waals surface area contributed by atoms with Crippen LogP contribution >= 0.6 is 15.9 Å². The number of rotatable bonds is 3. The van der Waals surface area contributed by atoms with E-state index in [0.29, 0.717) is 19.4 Å². The number of halogens is 1. The number of nitrogens with zero attached hydrogens (tertiary/aromatic N) is 1. The Hall–Kier alpha value is -0.640. The second kappa shape index (κ2) is 5.34. The van der Waals surface area contributed by atoms with E-state index in [0.717, 1.165) is 18.2 Å². The van der Waals surface area contributed by atoms with Crippen LogP contribution in [0.1, 0.15) is 38.5 Å². The molecular weight excluding hydrogens is 282 g/mol. The molecule has 0 aromatic heterocycles. The number of piperidine rings is 1. The van der Waals surface area contributed by atoms with Gasteiger partial charge in [-0.1, -0.05) is 40.9 Å². The first-order chi connectivity index (χ1) is 8.17. The maximum atomic E-state index is 12.0. The number of amides is 2. The molecule has 1 aliphatic carbocycles. The Balaban J connectivity index is 2.01. The fourth-order valence-corrected chi connectivity index (χ4v) is 3.22. The van der Waals surface area contributed by atoms with Gasteiger partial charge in [-0.25, -0.2) is 0 Å². The molecule has 0 unspecified atom stereocenters. The van der Waals surface area contributed by atoms with Crippen molar-refractivity contribution >= 4 is 27.7 Å². The van der Waals surface area contributed by atoms with E-state index in [2.05, 4.69) is 15.9 Å². The summed E-state index contributed by atoms with van der Waals surface area (Å²) in [4.78, 5) is 25.4. The minimum Gasteiger partial charge on any atom is -0.279 e. The molecule has 0 aromatic rings. The van der Waals surface area contributed by atoms with Crippen LogP contribution < -0.4 is 0 Å². The van der Waals surface area contributed by atoms with E-state index in [1.54, 1.807) is 0 Å². The van der Waals surface area contributed by atoms with E-state index in [1.165, 1.54) is 17.7 Å². The van der Waals surface area contributed by atoms with Gasteiger partial charge in [0.2, 0.25) is 11.8 Å². The smallest absolute Gasteiger partial charge is 0.230 e. The van der Waals surface area contributed by atoms with E-state index in [-0.39, 0.29) is 17.2 Å². The van der Waals surface area contributed by atoms with Gasteiger partial charge >= 0.3 is 0 Å². The number of alkyl halides is 1. The van der Waals surface area contributed by atoms with Crippen molar-refractivity contribution in [1.29, 1.82) is 0 Å². The summed E-state index contributed by atoms with van der Waals surface area (Å²) in [5, 5.41) is 0.757. The minimum atomic E-state index is 0.0161. The van der Waals surface area contributed by atoms with Crippen LogP contribution in [-0.4, -0.2) is 28.6 Å². The van der Waals surface area contributed by atoms with Crippen LogP contribution in [0.2, 0.25) is 0 Å². The second-order valence-electron chi connectivity index (χ2n) is 5.08. The Morgan fingerprint density at radius 3 is 2.24 bits per heavy atom. The molecule has 4 heteroatoms. The number of imide groups is 1. The number of hydrogen-bond acceptors (Lipinski definition) is 2. The highest BCUT2D eigenvalue weighted by molar-refractivity contribution is 9.09. The third-order valence-corrected chi connectivity index (χ3v) is 4.24. The minimum absolute atomic E-state index is 0.0161. The first-order valence-electron chi connectivity index (χ1n) is 6.21. The average Bonchev–Trinajstić information content (AvgIpc) is 2.70. The molecule has 0 atom stereocenters. The predicted molar refractivity (Wildman–Crippen MR) is 69.8 cm³/mol. The van der Waals surface area contributed by atoms with Crippen molar-refractivity contribution in [2.75, 3.05) is 11.9 Å². The van der Waals surface area contributed by atoms with Crippen molar-refractivity contribution < 1.29 is 9.59 Å². The first-order valence-corrected chi connectivity index (χ1v) is 7.33. The lowest BCUT2D eigenvalue weighted by molar-refractivity contribution is -0.152. The van der Waals surface area contributed by atoms with Gasteiger partial charge < -0.3 is 0 Å². The van der Waals surface area contributed by atoms with Gasteiger partial charge in [0.15, 0.2) is 0 Å². The predicted octanol–water partition coefficient (Wildman–Crippen LogP) is 2.65. The lowest BCUT2D eigenvalue weighted by Crippen LogP contribution is -2.47. The van der Waals surface area contributed by atoms with Gasteiger partial charge in [0.05, 0.1) is 0 Å². The number of allylic oxidation sites excluding steroid dienone is 1. The number of carbonyl (C=O) groups excluding carboxylic acids is 2. The topological polar surface area (TPSA) is 37.4 Å². The third-order valence-electron chi connectivity index (χ3n) is 3.86. The Bertz CT molecular complexity index is 325. The summed E-state index contributed by atoms with van der Waals surface area (Å²) in [6.07, 6.45) is 9.37. The molecule has 2 rings (SSSR count). The maximum absolute atomic E-state index is 12.0. The van der Waals surface area contributed by atoms with Crippen LogP contribution in [0, 0.1) is 5.41 Å². The summed E-state index contributed by atoms with van der Waals surface area (Å²) in [5.41, 5.74) is 0.0177. The molecule has 17 heavy (non-hydrogen) atoms. The van der Waals surface area contributed by atoms with E-state index in [1.807, 2.05) is 12.2 Å². The summed E-state index contributed by atoms with van der Waals surface area (Å²) in [6, 6.07) is 0. The van der Waals surface area contributed by atoms with E-state index in [4.69, 9.17) is 0 Å². The Morgan fingerprint density at radius 1 is 1.12 bits per heavy atom. The highest BCUT2D eigenvalue weighted by Gasteiger charge is 2.44. The quantitative estimate of drug-likeness (QED) is 0.456. The van der Waals surface area contributed by atoms with Gasteiger partial charge in [-0.3, -0.25) is 14.5 Å². The molecule has 1 aliphatic heterocycles. The molecule has 1 saturated carbocycles. The third kappa shape index (κ3) is 2.79. The first kappa shape index (κ1) is 12.8. The zero-order chi connectivity index (χ0) is 12.3. The van der Waals surface area contributed by atoms with E-state index in [9.17, 15) is 9.59 Å². The second-order valence-corrected chi connectivity index (χ2v) is 5.73. The van der Waals surface area contributed by atoms with Crippen LogP contribution in [-0.2, 0) is 9.59 Å². The highest BCUT2D eigenvalue weighted by atomic mass is 79.9. The Morgan fingerprint density at radius 2 is 1.71 bits per heavy atom. The van der Waals surface area contributed by atoms with Gasteiger partial charge in [-0.2, -0.15) is 0 Å². The fourth-order valence-electron chi connectivity index (χ4n) is 2.96. The SMILES string of the molecule is O=C1CC2(CCCC2)CC(=O)N1C/C=C\CBr. The number of hydrogen-bond donors (Lipinski definition) is 0. The zero-order valence-corrected chi connectivity index (χ0v) is 11.5. The number of likely N-dealkylation sites (tertiary alicyclic amines) is 1. The summed E-state index contributed by atoms with van der Waals surface area (Å²) < 4.78 is 0. The van der Waals surface area contributed by atoms with Crippen LogP contribution in [0.4, 0.5) is 0 Å². The molecular formula is C13H18BrNO2. The molecule has 2 amide bonds. The number of carbonyl (C=O) groups is 2. The van der Waals surface area contributed by atoms with Crippen molar-refractivity contribution in [3.8, 4) is 0 Å². The zero-order valence-electron chi connectivity index (χ0n) is 9.95. The van der Waals surface area contributed by atoms with E-state index >= 15 is 0 Å². The molecule has 1 heterocycles. The van der Waals surface area contributed by atoms with Crippen molar-refractivity contribution in [3.63, 3.8) is 0 Å². The molecule has 0 N–H and O–H groups in total. The molecule has 94 valence electrons. The van der Waals surface area contributed by atoms with Gasteiger partial charge in [0, 0.05) is 24.7 Å². The molecule has 0 aromatic carbocycles. The van der Waals surface area contributed by atoms with Crippen LogP contribution in [0.5, 0.6) is 0 Å². The van der Waals surface area contributed by atoms with Crippen molar-refractivity contribution in [2.45, 2.75) is 38.5 Å². The van der Waals surface area contributed by atoms with Crippen molar-refractivity contribution in [3.05, 3.63) is 12.2 Å². The van der Waals surface area contributed by atoms with Crippen LogP contribution in [0.25, 0.3) is 0 Å². The molecule has 0 bridgehead atoms. The van der Waals surface area contributed by atoms with Gasteiger partial charge in [-0.05, 0) is 18.3 Å². The standard InChI is InChI=1S/C13H18BrNO2/c14-7-3-4-8-15-11(16)9-13(10-12(15)17)5-1-2-6-13/h3-4H,1-2,5-10H2/b4-3-. The molecule has 0 radical (unpaired) electrons. The highest BCUT2D eigenvalue weighted by Crippen LogP contribution is 2.46. The lowest BCUT2D eigenvalue weighted by atomic mass is 9.76.